The number of fused-ring (bicyclic) bond motifs is 1. The lowest BCUT2D eigenvalue weighted by Gasteiger charge is -2.02. The maximum Gasteiger partial charge on any atom is 0.121 e. The van der Waals surface area contributed by atoms with Crippen LogP contribution in [-0.2, 0) is 13.1 Å². The van der Waals surface area contributed by atoms with Gasteiger partial charge in [0, 0.05) is 18.4 Å². The van der Waals surface area contributed by atoms with Crippen LogP contribution in [-0.4, -0.2) is 15.0 Å². The number of pyridine rings is 1. The number of aromatic amines is 1. The normalized spacial score (nSPS) is 11.0. The van der Waals surface area contributed by atoms with Crippen LogP contribution in [0.4, 0.5) is 0 Å². The van der Waals surface area contributed by atoms with Crippen molar-refractivity contribution in [3.8, 4) is 0 Å². The van der Waals surface area contributed by atoms with Gasteiger partial charge in [-0.2, -0.15) is 0 Å². The lowest BCUT2D eigenvalue weighted by molar-refractivity contribution is 0.668. The molecule has 0 fully saturated rings. The van der Waals surface area contributed by atoms with Gasteiger partial charge in [0.05, 0.1) is 17.6 Å². The summed E-state index contributed by atoms with van der Waals surface area (Å²) in [6, 6.07) is 12.2. The maximum atomic E-state index is 4.52. The Labute approximate surface area is 111 Å². The Morgan fingerprint density at radius 2 is 2.00 bits per heavy atom. The van der Waals surface area contributed by atoms with Crippen molar-refractivity contribution in [1.29, 1.82) is 0 Å². The van der Waals surface area contributed by atoms with Crippen molar-refractivity contribution in [2.75, 3.05) is 0 Å². The first-order valence-corrected chi connectivity index (χ1v) is 6.37. The first kappa shape index (κ1) is 11.9. The van der Waals surface area contributed by atoms with Gasteiger partial charge in [-0.1, -0.05) is 18.2 Å². The highest BCUT2D eigenvalue weighted by molar-refractivity contribution is 5.74. The van der Waals surface area contributed by atoms with Crippen LogP contribution in [0.2, 0.25) is 0 Å². The molecular weight excluding hydrogens is 236 g/mol. The number of nitrogens with one attached hydrogen (secondary N) is 2. The number of imidazole rings is 1. The first-order valence-electron chi connectivity index (χ1n) is 6.37. The summed E-state index contributed by atoms with van der Waals surface area (Å²) in [6.07, 6.45) is 1.90. The van der Waals surface area contributed by atoms with E-state index in [9.17, 15) is 0 Å². The van der Waals surface area contributed by atoms with E-state index in [-0.39, 0.29) is 0 Å². The Kier molecular flexibility index (Phi) is 3.25. The molecule has 2 heterocycles. The monoisotopic (exact) mass is 252 g/mol. The topological polar surface area (TPSA) is 53.6 Å². The van der Waals surface area contributed by atoms with Crippen LogP contribution in [0.5, 0.6) is 0 Å². The summed E-state index contributed by atoms with van der Waals surface area (Å²) < 4.78 is 0. The Hall–Kier alpha value is -2.20. The largest absolute Gasteiger partial charge is 0.341 e. The SMILES string of the molecule is Cc1ccc(CNCc2nc3ccccc3[nH]2)cn1. The van der Waals surface area contributed by atoms with E-state index in [1.807, 2.05) is 43.5 Å². The summed E-state index contributed by atoms with van der Waals surface area (Å²) in [5, 5.41) is 3.36. The van der Waals surface area contributed by atoms with Gasteiger partial charge in [-0.15, -0.1) is 0 Å². The summed E-state index contributed by atoms with van der Waals surface area (Å²) >= 11 is 0. The molecule has 0 amide bonds. The minimum atomic E-state index is 0.725. The summed E-state index contributed by atoms with van der Waals surface area (Å²) in [4.78, 5) is 12.1. The maximum absolute atomic E-state index is 4.52. The highest BCUT2D eigenvalue weighted by atomic mass is 15.0. The second-order valence-corrected chi connectivity index (χ2v) is 4.61. The Balaban J connectivity index is 1.61. The molecule has 0 aliphatic rings. The van der Waals surface area contributed by atoms with Crippen molar-refractivity contribution in [3.63, 3.8) is 0 Å². The van der Waals surface area contributed by atoms with Crippen molar-refractivity contribution in [2.45, 2.75) is 20.0 Å². The van der Waals surface area contributed by atoms with E-state index < -0.39 is 0 Å². The van der Waals surface area contributed by atoms with Crippen LogP contribution in [0.1, 0.15) is 17.1 Å². The van der Waals surface area contributed by atoms with Crippen LogP contribution < -0.4 is 5.32 Å². The van der Waals surface area contributed by atoms with E-state index in [2.05, 4.69) is 26.3 Å². The van der Waals surface area contributed by atoms with Gasteiger partial charge in [0.1, 0.15) is 5.82 Å². The van der Waals surface area contributed by atoms with E-state index in [0.29, 0.717) is 0 Å². The molecule has 0 aliphatic heterocycles. The van der Waals surface area contributed by atoms with Gasteiger partial charge in [0.2, 0.25) is 0 Å². The minimum Gasteiger partial charge on any atom is -0.341 e. The first-order chi connectivity index (χ1) is 9.31. The zero-order valence-corrected chi connectivity index (χ0v) is 10.9. The number of H-pyrrole nitrogens is 1. The predicted octanol–water partition coefficient (Wildman–Crippen LogP) is 2.56. The van der Waals surface area contributed by atoms with Crippen LogP contribution in [0.15, 0.2) is 42.6 Å². The van der Waals surface area contributed by atoms with Gasteiger partial charge in [-0.25, -0.2) is 4.98 Å². The number of nitrogens with zero attached hydrogens (tertiary/aromatic N) is 2. The third kappa shape index (κ3) is 2.80. The number of rotatable bonds is 4. The molecular formula is C15H16N4. The highest BCUT2D eigenvalue weighted by Crippen LogP contribution is 2.10. The van der Waals surface area contributed by atoms with E-state index >= 15 is 0 Å². The van der Waals surface area contributed by atoms with Crippen molar-refractivity contribution >= 4 is 11.0 Å². The van der Waals surface area contributed by atoms with Gasteiger partial charge in [-0.3, -0.25) is 4.98 Å². The number of hydrogen-bond donors (Lipinski definition) is 2. The van der Waals surface area contributed by atoms with Gasteiger partial charge < -0.3 is 10.3 Å². The molecule has 0 spiro atoms. The molecule has 0 unspecified atom stereocenters. The lowest BCUT2D eigenvalue weighted by atomic mass is 10.2. The highest BCUT2D eigenvalue weighted by Gasteiger charge is 2.01. The molecule has 0 saturated heterocycles. The fourth-order valence-corrected chi connectivity index (χ4v) is 2.02. The van der Waals surface area contributed by atoms with Crippen molar-refractivity contribution < 1.29 is 0 Å². The summed E-state index contributed by atoms with van der Waals surface area (Å²) in [5.74, 6) is 0.960. The molecule has 2 aromatic heterocycles. The van der Waals surface area contributed by atoms with Gasteiger partial charge in [0.15, 0.2) is 0 Å². The van der Waals surface area contributed by atoms with Crippen molar-refractivity contribution in [3.05, 3.63) is 59.7 Å². The Morgan fingerprint density at radius 1 is 1.11 bits per heavy atom. The van der Waals surface area contributed by atoms with Crippen LogP contribution in [0.3, 0.4) is 0 Å². The second-order valence-electron chi connectivity index (χ2n) is 4.61. The molecule has 0 radical (unpaired) electrons. The standard InChI is InChI=1S/C15H16N4/c1-11-6-7-12(9-17-11)8-16-10-15-18-13-4-2-3-5-14(13)19-15/h2-7,9,16H,8,10H2,1H3,(H,18,19). The predicted molar refractivity (Wildman–Crippen MR) is 75.6 cm³/mol. The average Bonchev–Trinajstić information content (AvgIpc) is 2.83. The molecule has 0 bridgehead atoms. The van der Waals surface area contributed by atoms with Gasteiger partial charge >= 0.3 is 0 Å². The number of hydrogen-bond acceptors (Lipinski definition) is 3. The molecule has 4 nitrogen and oxygen atoms in total. The van der Waals surface area contributed by atoms with Crippen molar-refractivity contribution in [1.82, 2.24) is 20.3 Å². The third-order valence-corrected chi connectivity index (χ3v) is 3.03. The number of benzene rings is 1. The number of para-hydroxylation sites is 2. The minimum absolute atomic E-state index is 0.725. The smallest absolute Gasteiger partial charge is 0.121 e. The molecule has 1 aromatic carbocycles. The zero-order valence-electron chi connectivity index (χ0n) is 10.9. The van der Waals surface area contributed by atoms with Gasteiger partial charge in [0.25, 0.3) is 0 Å². The van der Waals surface area contributed by atoms with Gasteiger partial charge in [-0.05, 0) is 30.7 Å². The molecule has 0 aliphatic carbocycles. The molecule has 3 aromatic rings. The third-order valence-electron chi connectivity index (χ3n) is 3.03. The quantitative estimate of drug-likeness (QED) is 0.750. The molecule has 2 N–H and O–H groups in total. The van der Waals surface area contributed by atoms with E-state index in [0.717, 1.165) is 35.6 Å². The number of aryl methyl sites for hydroxylation is 1. The van der Waals surface area contributed by atoms with E-state index in [1.54, 1.807) is 0 Å². The van der Waals surface area contributed by atoms with E-state index in [1.165, 1.54) is 5.56 Å². The zero-order chi connectivity index (χ0) is 13.1. The fraction of sp³-hybridized carbons (Fsp3) is 0.200. The molecule has 4 heteroatoms. The summed E-state index contributed by atoms with van der Waals surface area (Å²) in [5.41, 5.74) is 4.32. The summed E-state index contributed by atoms with van der Waals surface area (Å²) in [7, 11) is 0. The molecule has 0 atom stereocenters. The van der Waals surface area contributed by atoms with Crippen molar-refractivity contribution in [2.24, 2.45) is 0 Å². The number of aromatic nitrogens is 3. The Bertz CT molecular complexity index is 637. The van der Waals surface area contributed by atoms with Crippen LogP contribution in [0, 0.1) is 6.92 Å². The lowest BCUT2D eigenvalue weighted by Crippen LogP contribution is -2.13. The molecule has 19 heavy (non-hydrogen) atoms. The average molecular weight is 252 g/mol. The van der Waals surface area contributed by atoms with Crippen LogP contribution >= 0.6 is 0 Å². The molecule has 0 saturated carbocycles. The second kappa shape index (κ2) is 5.20. The fourth-order valence-electron chi connectivity index (χ4n) is 2.02. The molecule has 96 valence electrons. The molecule has 3 rings (SSSR count). The van der Waals surface area contributed by atoms with Crippen LogP contribution in [0.25, 0.3) is 11.0 Å². The Morgan fingerprint density at radius 3 is 2.79 bits per heavy atom. The summed E-state index contributed by atoms with van der Waals surface area (Å²) in [6.45, 7) is 3.51. The van der Waals surface area contributed by atoms with E-state index in [4.69, 9.17) is 0 Å².